The number of rotatable bonds is 4. The molecule has 0 aliphatic rings. The Morgan fingerprint density at radius 1 is 1.23 bits per heavy atom. The lowest BCUT2D eigenvalue weighted by Crippen LogP contribution is -2.25. The summed E-state index contributed by atoms with van der Waals surface area (Å²) in [6.07, 6.45) is 6.99. The summed E-state index contributed by atoms with van der Waals surface area (Å²) in [5, 5.41) is 3.98. The quantitative estimate of drug-likeness (QED) is 0.561. The SMILES string of the molecule is Cn1c(C(=O)NCc2ccc(-n3ccnc3)nc2)c(Br)c2ccccc21. The van der Waals surface area contributed by atoms with Crippen LogP contribution in [0.15, 0.2) is 65.8 Å². The van der Waals surface area contributed by atoms with Crippen molar-refractivity contribution in [1.29, 1.82) is 0 Å². The van der Waals surface area contributed by atoms with Gasteiger partial charge in [-0.3, -0.25) is 9.36 Å². The number of nitrogens with one attached hydrogen (secondary N) is 1. The number of aryl methyl sites for hydroxylation is 1. The Labute approximate surface area is 158 Å². The van der Waals surface area contributed by atoms with Crippen molar-refractivity contribution in [3.8, 4) is 5.82 Å². The van der Waals surface area contributed by atoms with Crippen LogP contribution in [0.5, 0.6) is 0 Å². The van der Waals surface area contributed by atoms with E-state index >= 15 is 0 Å². The Morgan fingerprint density at radius 3 is 2.77 bits per heavy atom. The molecule has 0 radical (unpaired) electrons. The number of fused-ring (bicyclic) bond motifs is 1. The number of amides is 1. The predicted octanol–water partition coefficient (Wildman–Crippen LogP) is 3.45. The topological polar surface area (TPSA) is 64.7 Å². The molecule has 4 aromatic rings. The highest BCUT2D eigenvalue weighted by Crippen LogP contribution is 2.30. The molecule has 3 heterocycles. The zero-order valence-electron chi connectivity index (χ0n) is 14.1. The summed E-state index contributed by atoms with van der Waals surface area (Å²) in [7, 11) is 1.89. The maximum atomic E-state index is 12.7. The lowest BCUT2D eigenvalue weighted by Gasteiger charge is -2.08. The fourth-order valence-electron chi connectivity index (χ4n) is 2.93. The highest BCUT2D eigenvalue weighted by Gasteiger charge is 2.18. The summed E-state index contributed by atoms with van der Waals surface area (Å²) in [6.45, 7) is 0.407. The number of para-hydroxylation sites is 1. The molecule has 3 aromatic heterocycles. The van der Waals surface area contributed by atoms with Gasteiger partial charge in [-0.25, -0.2) is 9.97 Å². The third-order valence-electron chi connectivity index (χ3n) is 4.29. The standard InChI is InChI=1S/C19H16BrN5O/c1-24-15-5-3-2-4-14(15)17(20)18(24)19(26)23-11-13-6-7-16(22-10-13)25-9-8-21-12-25/h2-10,12H,11H2,1H3,(H,23,26). The second-order valence-electron chi connectivity index (χ2n) is 5.92. The van der Waals surface area contributed by atoms with Crippen molar-refractivity contribution < 1.29 is 4.79 Å². The number of aromatic nitrogens is 4. The molecule has 130 valence electrons. The van der Waals surface area contributed by atoms with E-state index in [0.29, 0.717) is 12.2 Å². The Kier molecular flexibility index (Phi) is 4.30. The average Bonchev–Trinajstić information content (AvgIpc) is 3.29. The van der Waals surface area contributed by atoms with E-state index in [4.69, 9.17) is 0 Å². The average molecular weight is 410 g/mol. The van der Waals surface area contributed by atoms with Crippen molar-refractivity contribution >= 4 is 32.7 Å². The van der Waals surface area contributed by atoms with E-state index in [-0.39, 0.29) is 5.91 Å². The molecule has 0 fully saturated rings. The van der Waals surface area contributed by atoms with Gasteiger partial charge in [0.1, 0.15) is 17.8 Å². The number of pyridine rings is 1. The van der Waals surface area contributed by atoms with Crippen LogP contribution in [0.25, 0.3) is 16.7 Å². The van der Waals surface area contributed by atoms with Crippen LogP contribution in [0.3, 0.4) is 0 Å². The van der Waals surface area contributed by atoms with Gasteiger partial charge in [-0.05, 0) is 33.6 Å². The molecule has 1 aromatic carbocycles. The van der Waals surface area contributed by atoms with Gasteiger partial charge in [0.15, 0.2) is 0 Å². The molecule has 4 rings (SSSR count). The molecule has 1 amide bonds. The van der Waals surface area contributed by atoms with Gasteiger partial charge in [0.25, 0.3) is 5.91 Å². The van der Waals surface area contributed by atoms with Gasteiger partial charge >= 0.3 is 0 Å². The number of halogens is 1. The van der Waals surface area contributed by atoms with Gasteiger partial charge in [-0.15, -0.1) is 0 Å². The number of nitrogens with zero attached hydrogens (tertiary/aromatic N) is 4. The number of carbonyl (C=O) groups is 1. The van der Waals surface area contributed by atoms with Crippen LogP contribution in [0.4, 0.5) is 0 Å². The highest BCUT2D eigenvalue weighted by atomic mass is 79.9. The number of hydrogen-bond donors (Lipinski definition) is 1. The fourth-order valence-corrected chi connectivity index (χ4v) is 3.71. The largest absolute Gasteiger partial charge is 0.347 e. The molecule has 6 nitrogen and oxygen atoms in total. The van der Waals surface area contributed by atoms with Gasteiger partial charge in [0.05, 0.1) is 4.47 Å². The molecule has 0 saturated heterocycles. The van der Waals surface area contributed by atoms with Crippen molar-refractivity contribution in [2.24, 2.45) is 7.05 Å². The number of imidazole rings is 1. The normalized spacial score (nSPS) is 11.0. The first-order valence-electron chi connectivity index (χ1n) is 8.09. The van der Waals surface area contributed by atoms with Crippen molar-refractivity contribution in [3.63, 3.8) is 0 Å². The van der Waals surface area contributed by atoms with Gasteiger partial charge < -0.3 is 9.88 Å². The minimum Gasteiger partial charge on any atom is -0.347 e. The summed E-state index contributed by atoms with van der Waals surface area (Å²) >= 11 is 3.56. The molecule has 0 saturated carbocycles. The molecule has 0 bridgehead atoms. The Hall–Kier alpha value is -2.93. The molecule has 0 unspecified atom stereocenters. The molecule has 1 N–H and O–H groups in total. The summed E-state index contributed by atoms with van der Waals surface area (Å²) in [5.41, 5.74) is 2.54. The van der Waals surface area contributed by atoms with Gasteiger partial charge in [0, 0.05) is 43.1 Å². The third-order valence-corrected chi connectivity index (χ3v) is 5.09. The summed E-state index contributed by atoms with van der Waals surface area (Å²) in [5.74, 6) is 0.656. The molecular formula is C19H16BrN5O. The van der Waals surface area contributed by atoms with Crippen LogP contribution < -0.4 is 5.32 Å². The zero-order valence-corrected chi connectivity index (χ0v) is 15.6. The summed E-state index contributed by atoms with van der Waals surface area (Å²) < 4.78 is 4.53. The maximum absolute atomic E-state index is 12.7. The lowest BCUT2D eigenvalue weighted by molar-refractivity contribution is 0.0942. The van der Waals surface area contributed by atoms with Gasteiger partial charge in [-0.2, -0.15) is 0 Å². The summed E-state index contributed by atoms with van der Waals surface area (Å²) in [4.78, 5) is 21.1. The molecule has 0 aliphatic heterocycles. The molecule has 0 spiro atoms. The Morgan fingerprint density at radius 2 is 2.08 bits per heavy atom. The van der Waals surface area contributed by atoms with E-state index in [1.54, 1.807) is 18.7 Å². The van der Waals surface area contributed by atoms with E-state index in [9.17, 15) is 4.79 Å². The predicted molar refractivity (Wildman–Crippen MR) is 103 cm³/mol. The maximum Gasteiger partial charge on any atom is 0.269 e. The van der Waals surface area contributed by atoms with Crippen molar-refractivity contribution in [3.05, 3.63) is 77.0 Å². The smallest absolute Gasteiger partial charge is 0.269 e. The van der Waals surface area contributed by atoms with E-state index in [1.165, 1.54) is 0 Å². The van der Waals surface area contributed by atoms with Gasteiger partial charge in [-0.1, -0.05) is 24.3 Å². The molecule has 26 heavy (non-hydrogen) atoms. The Bertz CT molecular complexity index is 1030. The van der Waals surface area contributed by atoms with Crippen LogP contribution in [0, 0.1) is 0 Å². The second kappa shape index (κ2) is 6.76. The van der Waals surface area contributed by atoms with Crippen LogP contribution in [-0.2, 0) is 13.6 Å². The van der Waals surface area contributed by atoms with Crippen molar-refractivity contribution in [2.45, 2.75) is 6.54 Å². The van der Waals surface area contributed by atoms with E-state index in [1.807, 2.05) is 58.8 Å². The van der Waals surface area contributed by atoms with Crippen LogP contribution in [0.1, 0.15) is 16.1 Å². The van der Waals surface area contributed by atoms with E-state index < -0.39 is 0 Å². The molecule has 0 aliphatic carbocycles. The Balaban J connectivity index is 1.51. The summed E-state index contributed by atoms with van der Waals surface area (Å²) in [6, 6.07) is 11.8. The van der Waals surface area contributed by atoms with E-state index in [2.05, 4.69) is 31.2 Å². The van der Waals surface area contributed by atoms with E-state index in [0.717, 1.165) is 26.8 Å². The van der Waals surface area contributed by atoms with Gasteiger partial charge in [0.2, 0.25) is 0 Å². The minimum atomic E-state index is -0.130. The van der Waals surface area contributed by atoms with Crippen LogP contribution in [0.2, 0.25) is 0 Å². The third kappa shape index (κ3) is 2.90. The molecule has 0 atom stereocenters. The lowest BCUT2D eigenvalue weighted by atomic mass is 10.2. The molecular weight excluding hydrogens is 394 g/mol. The first-order valence-corrected chi connectivity index (χ1v) is 8.89. The van der Waals surface area contributed by atoms with Crippen molar-refractivity contribution in [1.82, 2.24) is 24.4 Å². The van der Waals surface area contributed by atoms with Crippen LogP contribution in [-0.4, -0.2) is 25.0 Å². The van der Waals surface area contributed by atoms with Crippen molar-refractivity contribution in [2.75, 3.05) is 0 Å². The highest BCUT2D eigenvalue weighted by molar-refractivity contribution is 9.10. The first kappa shape index (κ1) is 16.5. The first-order chi connectivity index (χ1) is 12.6. The number of benzene rings is 1. The monoisotopic (exact) mass is 409 g/mol. The second-order valence-corrected chi connectivity index (χ2v) is 6.71. The fraction of sp³-hybridized carbons (Fsp3) is 0.105. The van der Waals surface area contributed by atoms with Crippen LogP contribution >= 0.6 is 15.9 Å². The zero-order chi connectivity index (χ0) is 18.1. The molecule has 7 heteroatoms. The number of hydrogen-bond acceptors (Lipinski definition) is 3. The minimum absolute atomic E-state index is 0.130. The number of carbonyl (C=O) groups excluding carboxylic acids is 1.